The summed E-state index contributed by atoms with van der Waals surface area (Å²) in [5.74, 6) is 5.71. The smallest absolute Gasteiger partial charge is 0.162 e. The number of carbonyl (C=O) groups excluding carboxylic acids is 1. The van der Waals surface area contributed by atoms with E-state index < -0.39 is 5.60 Å². The molecule has 0 aliphatic rings. The molecular weight excluding hydrogens is 200 g/mol. The second-order valence-corrected chi connectivity index (χ2v) is 4.16. The third-order valence-electron chi connectivity index (χ3n) is 2.04. The first kappa shape index (κ1) is 12.5. The Hall–Kier alpha value is -1.59. The van der Waals surface area contributed by atoms with E-state index in [9.17, 15) is 9.90 Å². The summed E-state index contributed by atoms with van der Waals surface area (Å²) in [5.41, 5.74) is 0.517. The Morgan fingerprint density at radius 1 is 1.31 bits per heavy atom. The van der Waals surface area contributed by atoms with Crippen LogP contribution in [-0.2, 0) is 0 Å². The maximum atomic E-state index is 11.4. The zero-order valence-corrected chi connectivity index (χ0v) is 9.87. The maximum Gasteiger partial charge on any atom is 0.162 e. The number of ketones is 1. The van der Waals surface area contributed by atoms with Crippen LogP contribution >= 0.6 is 0 Å². The van der Waals surface area contributed by atoms with Crippen LogP contribution in [0.15, 0.2) is 24.3 Å². The first-order valence-corrected chi connectivity index (χ1v) is 5.31. The topological polar surface area (TPSA) is 37.3 Å². The minimum atomic E-state index is -0.988. The van der Waals surface area contributed by atoms with E-state index in [0.717, 1.165) is 5.56 Å². The summed E-state index contributed by atoms with van der Waals surface area (Å²) < 4.78 is 0. The van der Waals surface area contributed by atoms with Crippen molar-refractivity contribution in [2.24, 2.45) is 0 Å². The highest BCUT2D eigenvalue weighted by Crippen LogP contribution is 2.06. The molecule has 0 saturated heterocycles. The molecule has 1 rings (SSSR count). The van der Waals surface area contributed by atoms with Gasteiger partial charge in [0.2, 0.25) is 0 Å². The van der Waals surface area contributed by atoms with Gasteiger partial charge in [0.1, 0.15) is 5.60 Å². The number of Topliss-reactive ketones (excluding diaryl/α,β-unsaturated/α-hetero) is 1. The maximum absolute atomic E-state index is 11.4. The Labute approximate surface area is 96.3 Å². The summed E-state index contributed by atoms with van der Waals surface area (Å²) in [5, 5.41) is 9.43. The molecule has 0 atom stereocenters. The lowest BCUT2D eigenvalue weighted by Gasteiger charge is -2.05. The third kappa shape index (κ3) is 3.88. The molecule has 1 N–H and O–H groups in total. The lowest BCUT2D eigenvalue weighted by Crippen LogP contribution is -2.14. The van der Waals surface area contributed by atoms with Crippen LogP contribution in [0.5, 0.6) is 0 Å². The van der Waals surface area contributed by atoms with E-state index >= 15 is 0 Å². The zero-order chi connectivity index (χ0) is 12.2. The summed E-state index contributed by atoms with van der Waals surface area (Å²) in [6.45, 7) is 5.11. The van der Waals surface area contributed by atoms with Crippen molar-refractivity contribution in [3.63, 3.8) is 0 Å². The summed E-state index contributed by atoms with van der Waals surface area (Å²) >= 11 is 0. The Morgan fingerprint density at radius 3 is 2.31 bits per heavy atom. The Morgan fingerprint density at radius 2 is 1.88 bits per heavy atom. The standard InChI is InChI=1S/C14H16O2/c1-4-13(15)12-7-5-11(6-8-12)9-10-14(2,3)16/h5-8,16H,4H2,1-3H3. The van der Waals surface area contributed by atoms with Crippen LogP contribution in [0.3, 0.4) is 0 Å². The van der Waals surface area contributed by atoms with E-state index in [1.807, 2.05) is 6.92 Å². The fourth-order valence-corrected chi connectivity index (χ4v) is 1.17. The minimum absolute atomic E-state index is 0.127. The van der Waals surface area contributed by atoms with Gasteiger partial charge in [-0.05, 0) is 26.0 Å². The minimum Gasteiger partial charge on any atom is -0.378 e. The molecule has 16 heavy (non-hydrogen) atoms. The van der Waals surface area contributed by atoms with E-state index in [4.69, 9.17) is 0 Å². The highest BCUT2D eigenvalue weighted by atomic mass is 16.3. The second-order valence-electron chi connectivity index (χ2n) is 4.16. The molecule has 1 aromatic carbocycles. The van der Waals surface area contributed by atoms with Crippen molar-refractivity contribution < 1.29 is 9.90 Å². The lowest BCUT2D eigenvalue weighted by atomic mass is 10.1. The number of hydrogen-bond donors (Lipinski definition) is 1. The van der Waals surface area contributed by atoms with Gasteiger partial charge < -0.3 is 5.11 Å². The van der Waals surface area contributed by atoms with Crippen molar-refractivity contribution in [1.29, 1.82) is 0 Å². The fraction of sp³-hybridized carbons (Fsp3) is 0.357. The van der Waals surface area contributed by atoms with Crippen molar-refractivity contribution in [1.82, 2.24) is 0 Å². The van der Waals surface area contributed by atoms with E-state index in [0.29, 0.717) is 12.0 Å². The molecule has 0 unspecified atom stereocenters. The highest BCUT2D eigenvalue weighted by molar-refractivity contribution is 5.95. The van der Waals surface area contributed by atoms with Gasteiger partial charge in [0.25, 0.3) is 0 Å². The predicted molar refractivity (Wildman–Crippen MR) is 64.2 cm³/mol. The molecule has 84 valence electrons. The number of aliphatic hydroxyl groups is 1. The van der Waals surface area contributed by atoms with Crippen molar-refractivity contribution in [3.05, 3.63) is 35.4 Å². The Balaban J connectivity index is 2.87. The van der Waals surface area contributed by atoms with E-state index in [1.165, 1.54) is 0 Å². The van der Waals surface area contributed by atoms with Gasteiger partial charge in [-0.1, -0.05) is 30.9 Å². The number of benzene rings is 1. The zero-order valence-electron chi connectivity index (χ0n) is 9.87. The molecule has 0 bridgehead atoms. The molecule has 0 spiro atoms. The molecule has 2 heteroatoms. The van der Waals surface area contributed by atoms with E-state index in [2.05, 4.69) is 11.8 Å². The summed E-state index contributed by atoms with van der Waals surface area (Å²) in [4.78, 5) is 11.4. The van der Waals surface area contributed by atoms with E-state index in [1.54, 1.807) is 38.1 Å². The summed E-state index contributed by atoms with van der Waals surface area (Å²) in [6.07, 6.45) is 0.509. The van der Waals surface area contributed by atoms with Gasteiger partial charge in [-0.3, -0.25) is 4.79 Å². The molecule has 0 heterocycles. The van der Waals surface area contributed by atoms with Crippen LogP contribution in [0.4, 0.5) is 0 Å². The molecule has 0 radical (unpaired) electrons. The predicted octanol–water partition coefficient (Wildman–Crippen LogP) is 2.40. The van der Waals surface area contributed by atoms with Crippen LogP contribution in [0, 0.1) is 11.8 Å². The molecule has 0 aliphatic heterocycles. The van der Waals surface area contributed by atoms with Crippen molar-refractivity contribution >= 4 is 5.78 Å². The molecule has 0 fully saturated rings. The fourth-order valence-electron chi connectivity index (χ4n) is 1.17. The molecule has 0 aliphatic carbocycles. The van der Waals surface area contributed by atoms with Crippen molar-refractivity contribution in [3.8, 4) is 11.8 Å². The molecule has 0 amide bonds. The SMILES string of the molecule is CCC(=O)c1ccc(C#CC(C)(C)O)cc1. The monoisotopic (exact) mass is 216 g/mol. The van der Waals surface area contributed by atoms with Crippen LogP contribution in [0.1, 0.15) is 43.1 Å². The first-order chi connectivity index (χ1) is 7.42. The van der Waals surface area contributed by atoms with Gasteiger partial charge in [-0.2, -0.15) is 0 Å². The highest BCUT2D eigenvalue weighted by Gasteiger charge is 2.06. The Kier molecular flexibility index (Phi) is 3.87. The molecule has 0 saturated carbocycles. The van der Waals surface area contributed by atoms with Crippen LogP contribution < -0.4 is 0 Å². The first-order valence-electron chi connectivity index (χ1n) is 5.31. The van der Waals surface area contributed by atoms with Crippen LogP contribution in [-0.4, -0.2) is 16.5 Å². The molecule has 0 aromatic heterocycles. The molecular formula is C14H16O2. The number of hydrogen-bond acceptors (Lipinski definition) is 2. The molecule has 1 aromatic rings. The van der Waals surface area contributed by atoms with Crippen molar-refractivity contribution in [2.45, 2.75) is 32.8 Å². The Bertz CT molecular complexity index is 425. The third-order valence-corrected chi connectivity index (χ3v) is 2.04. The largest absolute Gasteiger partial charge is 0.378 e. The quantitative estimate of drug-likeness (QED) is 0.609. The van der Waals surface area contributed by atoms with E-state index in [-0.39, 0.29) is 5.78 Å². The van der Waals surface area contributed by atoms with Gasteiger partial charge in [-0.25, -0.2) is 0 Å². The number of rotatable bonds is 2. The van der Waals surface area contributed by atoms with Crippen LogP contribution in [0.2, 0.25) is 0 Å². The van der Waals surface area contributed by atoms with Gasteiger partial charge >= 0.3 is 0 Å². The average molecular weight is 216 g/mol. The summed E-state index contributed by atoms with van der Waals surface area (Å²) in [7, 11) is 0. The van der Waals surface area contributed by atoms with Crippen LogP contribution in [0.25, 0.3) is 0 Å². The van der Waals surface area contributed by atoms with Gasteiger partial charge in [0.05, 0.1) is 0 Å². The number of carbonyl (C=O) groups is 1. The van der Waals surface area contributed by atoms with Gasteiger partial charge in [0, 0.05) is 17.5 Å². The second kappa shape index (κ2) is 4.96. The summed E-state index contributed by atoms with van der Waals surface area (Å²) in [6, 6.07) is 7.11. The van der Waals surface area contributed by atoms with Gasteiger partial charge in [-0.15, -0.1) is 0 Å². The molecule has 2 nitrogen and oxygen atoms in total. The average Bonchev–Trinajstić information content (AvgIpc) is 2.25. The van der Waals surface area contributed by atoms with Crippen molar-refractivity contribution in [2.75, 3.05) is 0 Å². The normalized spacial score (nSPS) is 10.5. The lowest BCUT2D eigenvalue weighted by molar-refractivity contribution is 0.0988. The van der Waals surface area contributed by atoms with Gasteiger partial charge in [0.15, 0.2) is 5.78 Å².